The molecule has 0 heterocycles. The molecule has 3 aromatic rings. The minimum Gasteiger partial charge on any atom is -0.495 e. The molecule has 0 aliphatic heterocycles. The molecular formula is C23H17N3O7S. The number of nitro benzene ring substituents is 1. The van der Waals surface area contributed by atoms with Gasteiger partial charge in [-0.2, -0.15) is 13.7 Å². The van der Waals surface area contributed by atoms with Crippen LogP contribution in [-0.4, -0.2) is 26.4 Å². The molecule has 0 radical (unpaired) electrons. The lowest BCUT2D eigenvalue weighted by Crippen LogP contribution is -2.14. The molecule has 0 aromatic heterocycles. The van der Waals surface area contributed by atoms with E-state index in [1.807, 2.05) is 0 Å². The Bertz CT molecular complexity index is 1410. The first-order valence-corrected chi connectivity index (χ1v) is 11.0. The molecule has 34 heavy (non-hydrogen) atoms. The summed E-state index contributed by atoms with van der Waals surface area (Å²) in [6, 6.07) is 18.5. The molecule has 0 aliphatic carbocycles. The van der Waals surface area contributed by atoms with Crippen molar-refractivity contribution in [3.8, 4) is 17.6 Å². The number of carbonyl (C=O) groups is 1. The van der Waals surface area contributed by atoms with Crippen molar-refractivity contribution < 1.29 is 27.1 Å². The van der Waals surface area contributed by atoms with Crippen molar-refractivity contribution in [3.63, 3.8) is 0 Å². The molecule has 0 aliphatic rings. The summed E-state index contributed by atoms with van der Waals surface area (Å²) in [5.74, 6) is -0.482. The van der Waals surface area contributed by atoms with E-state index in [1.54, 1.807) is 36.4 Å². The molecule has 172 valence electrons. The van der Waals surface area contributed by atoms with Gasteiger partial charge in [-0.05, 0) is 36.4 Å². The second kappa shape index (κ2) is 10.3. The zero-order chi connectivity index (χ0) is 24.7. The summed E-state index contributed by atoms with van der Waals surface area (Å²) in [6.07, 6.45) is 1.19. The van der Waals surface area contributed by atoms with E-state index in [4.69, 9.17) is 8.92 Å². The maximum Gasteiger partial charge on any atom is 0.339 e. The number of hydrogen-bond acceptors (Lipinski definition) is 8. The van der Waals surface area contributed by atoms with Crippen LogP contribution in [0.25, 0.3) is 6.08 Å². The van der Waals surface area contributed by atoms with Gasteiger partial charge in [0.15, 0.2) is 0 Å². The molecule has 1 N–H and O–H groups in total. The maximum atomic E-state index is 12.7. The number of methoxy groups -OCH3 is 1. The molecule has 0 saturated heterocycles. The summed E-state index contributed by atoms with van der Waals surface area (Å²) in [5.41, 5.74) is -0.0853. The summed E-state index contributed by atoms with van der Waals surface area (Å²) in [6.45, 7) is 0. The zero-order valence-corrected chi connectivity index (χ0v) is 18.5. The van der Waals surface area contributed by atoms with Crippen molar-refractivity contribution in [1.29, 1.82) is 5.26 Å². The van der Waals surface area contributed by atoms with Crippen LogP contribution < -0.4 is 14.2 Å². The van der Waals surface area contributed by atoms with E-state index in [2.05, 4.69) is 5.32 Å². The van der Waals surface area contributed by atoms with E-state index in [1.165, 1.54) is 31.4 Å². The van der Waals surface area contributed by atoms with E-state index >= 15 is 0 Å². The molecule has 3 aromatic carbocycles. The molecule has 3 rings (SSSR count). The molecule has 11 heteroatoms. The van der Waals surface area contributed by atoms with Crippen molar-refractivity contribution in [3.05, 3.63) is 94.0 Å². The van der Waals surface area contributed by atoms with Gasteiger partial charge in [0.2, 0.25) is 0 Å². The highest BCUT2D eigenvalue weighted by Crippen LogP contribution is 2.27. The number of para-hydroxylation sites is 3. The van der Waals surface area contributed by atoms with Crippen molar-refractivity contribution in [2.45, 2.75) is 4.90 Å². The van der Waals surface area contributed by atoms with Gasteiger partial charge in [-0.1, -0.05) is 30.3 Å². The molecule has 0 atom stereocenters. The molecular weight excluding hydrogens is 462 g/mol. The van der Waals surface area contributed by atoms with Crippen LogP contribution in [0.2, 0.25) is 0 Å². The number of nitro groups is 1. The molecule has 10 nitrogen and oxygen atoms in total. The third-order valence-corrected chi connectivity index (χ3v) is 5.72. The Balaban J connectivity index is 1.89. The number of nitriles is 1. The fourth-order valence-electron chi connectivity index (χ4n) is 2.82. The first kappa shape index (κ1) is 24.0. The lowest BCUT2D eigenvalue weighted by molar-refractivity contribution is -0.384. The van der Waals surface area contributed by atoms with Gasteiger partial charge in [0, 0.05) is 17.7 Å². The van der Waals surface area contributed by atoms with E-state index < -0.39 is 20.9 Å². The summed E-state index contributed by atoms with van der Waals surface area (Å²) in [4.78, 5) is 22.5. The Morgan fingerprint density at radius 2 is 1.65 bits per heavy atom. The molecule has 0 unspecified atom stereocenters. The summed E-state index contributed by atoms with van der Waals surface area (Å²) >= 11 is 0. The van der Waals surface area contributed by atoms with Gasteiger partial charge in [0.05, 0.1) is 17.7 Å². The number of rotatable bonds is 8. The van der Waals surface area contributed by atoms with Gasteiger partial charge in [-0.25, -0.2) is 0 Å². The number of nitrogens with zero attached hydrogens (tertiary/aromatic N) is 2. The number of nitrogens with one attached hydrogen (secondary N) is 1. The molecule has 0 saturated carbocycles. The smallest absolute Gasteiger partial charge is 0.339 e. The van der Waals surface area contributed by atoms with Gasteiger partial charge in [-0.15, -0.1) is 0 Å². The second-order valence-electron chi connectivity index (χ2n) is 6.65. The third kappa shape index (κ3) is 5.56. The lowest BCUT2D eigenvalue weighted by atomic mass is 10.1. The molecule has 0 bridgehead atoms. The summed E-state index contributed by atoms with van der Waals surface area (Å²) in [7, 11) is -2.91. The van der Waals surface area contributed by atoms with E-state index in [9.17, 15) is 28.6 Å². The van der Waals surface area contributed by atoms with Gasteiger partial charge >= 0.3 is 10.1 Å². The van der Waals surface area contributed by atoms with Crippen LogP contribution >= 0.6 is 0 Å². The Hall–Kier alpha value is -4.69. The average Bonchev–Trinajstić information content (AvgIpc) is 2.83. The number of benzene rings is 3. The van der Waals surface area contributed by atoms with Crippen molar-refractivity contribution >= 4 is 33.5 Å². The molecule has 1 amide bonds. The van der Waals surface area contributed by atoms with Gasteiger partial charge in [0.1, 0.15) is 28.0 Å². The standard InChI is InChI=1S/C23H17N3O7S/c1-32-22-9-5-3-7-20(22)25-23(27)17(15-24)14-16-6-2-4-8-21(16)33-34(30,31)19-12-10-18(11-13-19)26(28)29/h2-14H,1H3,(H,25,27)/b17-14+. The summed E-state index contributed by atoms with van der Waals surface area (Å²) < 4.78 is 35.7. The molecule has 0 fully saturated rings. The Labute approximate surface area is 194 Å². The zero-order valence-electron chi connectivity index (χ0n) is 17.7. The number of non-ortho nitro benzene ring substituents is 1. The minimum absolute atomic E-state index is 0.140. The van der Waals surface area contributed by atoms with Crippen LogP contribution in [0, 0.1) is 21.4 Å². The summed E-state index contributed by atoms with van der Waals surface area (Å²) in [5, 5.41) is 22.9. The van der Waals surface area contributed by atoms with E-state index in [0.29, 0.717) is 11.4 Å². The van der Waals surface area contributed by atoms with Crippen molar-refractivity contribution in [2.24, 2.45) is 0 Å². The topological polar surface area (TPSA) is 149 Å². The number of amides is 1. The fourth-order valence-corrected chi connectivity index (χ4v) is 3.77. The number of hydrogen-bond donors (Lipinski definition) is 1. The Morgan fingerprint density at radius 3 is 2.26 bits per heavy atom. The number of ether oxygens (including phenoxy) is 1. The predicted molar refractivity (Wildman–Crippen MR) is 123 cm³/mol. The van der Waals surface area contributed by atoms with Crippen LogP contribution in [-0.2, 0) is 14.9 Å². The van der Waals surface area contributed by atoms with Crippen LogP contribution in [0.15, 0.2) is 83.3 Å². The number of carbonyl (C=O) groups excluding carboxylic acids is 1. The van der Waals surface area contributed by atoms with Gasteiger partial charge in [0.25, 0.3) is 11.6 Å². The van der Waals surface area contributed by atoms with Crippen molar-refractivity contribution in [1.82, 2.24) is 0 Å². The maximum absolute atomic E-state index is 12.7. The van der Waals surface area contributed by atoms with E-state index in [-0.39, 0.29) is 27.5 Å². The largest absolute Gasteiger partial charge is 0.495 e. The van der Waals surface area contributed by atoms with Crippen molar-refractivity contribution in [2.75, 3.05) is 12.4 Å². The Morgan fingerprint density at radius 1 is 1.03 bits per heavy atom. The average molecular weight is 479 g/mol. The molecule has 0 spiro atoms. The van der Waals surface area contributed by atoms with Crippen LogP contribution in [0.5, 0.6) is 11.5 Å². The normalized spacial score (nSPS) is 11.2. The van der Waals surface area contributed by atoms with Crippen LogP contribution in [0.3, 0.4) is 0 Å². The fraction of sp³-hybridized carbons (Fsp3) is 0.0435. The minimum atomic E-state index is -4.35. The van der Waals surface area contributed by atoms with Crippen LogP contribution in [0.1, 0.15) is 5.56 Å². The number of anilines is 1. The monoisotopic (exact) mass is 479 g/mol. The van der Waals surface area contributed by atoms with Crippen LogP contribution in [0.4, 0.5) is 11.4 Å². The predicted octanol–water partition coefficient (Wildman–Crippen LogP) is 3.92. The lowest BCUT2D eigenvalue weighted by Gasteiger charge is -2.11. The van der Waals surface area contributed by atoms with Gasteiger partial charge in [-0.3, -0.25) is 14.9 Å². The highest BCUT2D eigenvalue weighted by atomic mass is 32.2. The SMILES string of the molecule is COc1ccccc1NC(=O)/C(C#N)=C/c1ccccc1OS(=O)(=O)c1ccc([N+](=O)[O-])cc1. The first-order valence-electron chi connectivity index (χ1n) is 9.59. The second-order valence-corrected chi connectivity index (χ2v) is 8.20. The third-order valence-electron chi connectivity index (χ3n) is 4.47. The highest BCUT2D eigenvalue weighted by Gasteiger charge is 2.20. The Kier molecular flexibility index (Phi) is 7.25. The van der Waals surface area contributed by atoms with Gasteiger partial charge < -0.3 is 14.2 Å². The quantitative estimate of drug-likeness (QED) is 0.168. The highest BCUT2D eigenvalue weighted by molar-refractivity contribution is 7.87. The first-order chi connectivity index (χ1) is 16.2. The van der Waals surface area contributed by atoms with E-state index in [0.717, 1.165) is 24.3 Å².